The Morgan fingerprint density at radius 1 is 0.913 bits per heavy atom. The molecule has 0 N–H and O–H groups in total. The van der Waals surface area contributed by atoms with E-state index in [2.05, 4.69) is 4.74 Å². The molecule has 0 amide bonds. The second-order valence-corrected chi connectivity index (χ2v) is 4.41. The Balaban J connectivity index is 2.05. The highest BCUT2D eigenvalue weighted by molar-refractivity contribution is 5.89. The predicted molar refractivity (Wildman–Crippen MR) is 74.5 cm³/mol. The molecule has 2 aromatic rings. The molecule has 0 aliphatic carbocycles. The summed E-state index contributed by atoms with van der Waals surface area (Å²) in [5.74, 6) is -3.70. The van der Waals surface area contributed by atoms with Crippen LogP contribution in [0.2, 0.25) is 0 Å². The van der Waals surface area contributed by atoms with Gasteiger partial charge in [0.25, 0.3) is 0 Å². The van der Waals surface area contributed by atoms with E-state index in [-0.39, 0.29) is 5.75 Å². The van der Waals surface area contributed by atoms with E-state index in [1.165, 1.54) is 0 Å². The summed E-state index contributed by atoms with van der Waals surface area (Å²) in [4.78, 5) is 21.8. The number of hydrogen-bond acceptors (Lipinski definition) is 4. The molecule has 0 bridgehead atoms. The third kappa shape index (κ3) is 4.57. The van der Waals surface area contributed by atoms with Gasteiger partial charge in [0.15, 0.2) is 6.61 Å². The highest BCUT2D eigenvalue weighted by atomic mass is 19.4. The highest BCUT2D eigenvalue weighted by Gasteiger charge is 2.42. The van der Waals surface area contributed by atoms with Crippen molar-refractivity contribution in [3.05, 3.63) is 54.6 Å². The number of carbonyl (C=O) groups is 2. The molecule has 4 nitrogen and oxygen atoms in total. The van der Waals surface area contributed by atoms with Crippen molar-refractivity contribution < 1.29 is 32.2 Å². The topological polar surface area (TPSA) is 52.6 Å². The first-order valence-corrected chi connectivity index (χ1v) is 6.47. The maximum absolute atomic E-state index is 12.0. The fourth-order valence-electron chi connectivity index (χ4n) is 1.78. The van der Waals surface area contributed by atoms with Gasteiger partial charge in [-0.2, -0.15) is 13.2 Å². The van der Waals surface area contributed by atoms with Gasteiger partial charge in [-0.3, -0.25) is 0 Å². The molecule has 23 heavy (non-hydrogen) atoms. The third-order valence-electron chi connectivity index (χ3n) is 2.76. The fourth-order valence-corrected chi connectivity index (χ4v) is 1.78. The van der Waals surface area contributed by atoms with Gasteiger partial charge in [0.05, 0.1) is 0 Å². The molecule has 0 saturated carbocycles. The number of carbonyl (C=O) groups excluding carboxylic acids is 2. The molecule has 0 unspecified atom stereocenters. The molecular formula is C16H11F3O4. The molecular weight excluding hydrogens is 313 g/mol. The summed E-state index contributed by atoms with van der Waals surface area (Å²) in [6, 6.07) is 15.8. The van der Waals surface area contributed by atoms with Crippen LogP contribution in [-0.4, -0.2) is 24.7 Å². The quantitative estimate of drug-likeness (QED) is 0.639. The van der Waals surface area contributed by atoms with Crippen molar-refractivity contribution in [2.75, 3.05) is 6.61 Å². The molecule has 0 aromatic heterocycles. The van der Waals surface area contributed by atoms with Crippen LogP contribution in [0.3, 0.4) is 0 Å². The minimum absolute atomic E-state index is 0.287. The van der Waals surface area contributed by atoms with Crippen LogP contribution in [-0.2, 0) is 14.3 Å². The molecule has 0 atom stereocenters. The second kappa shape index (κ2) is 6.95. The maximum atomic E-state index is 12.0. The first-order valence-electron chi connectivity index (χ1n) is 6.47. The Labute approximate surface area is 129 Å². The molecule has 2 aromatic carbocycles. The van der Waals surface area contributed by atoms with Crippen LogP contribution < -0.4 is 4.74 Å². The summed E-state index contributed by atoms with van der Waals surface area (Å²) in [5.41, 5.74) is 1.46. The van der Waals surface area contributed by atoms with Crippen LogP contribution in [0, 0.1) is 0 Å². The van der Waals surface area contributed by atoms with Gasteiger partial charge in [0, 0.05) is 5.56 Å². The minimum atomic E-state index is -5.22. The van der Waals surface area contributed by atoms with Crippen molar-refractivity contribution in [2.24, 2.45) is 0 Å². The molecule has 0 spiro atoms. The van der Waals surface area contributed by atoms with Crippen LogP contribution in [0.5, 0.6) is 5.75 Å². The van der Waals surface area contributed by atoms with Crippen molar-refractivity contribution in [1.29, 1.82) is 0 Å². The molecule has 2 rings (SSSR count). The number of halogens is 3. The second-order valence-electron chi connectivity index (χ2n) is 4.41. The number of ether oxygens (including phenoxy) is 2. The van der Waals surface area contributed by atoms with E-state index in [0.29, 0.717) is 5.56 Å². The zero-order valence-electron chi connectivity index (χ0n) is 11.7. The Kier molecular flexibility index (Phi) is 5.00. The summed E-state index contributed by atoms with van der Waals surface area (Å²) < 4.78 is 44.8. The third-order valence-corrected chi connectivity index (χ3v) is 2.76. The number of hydrogen-bond donors (Lipinski definition) is 0. The normalized spacial score (nSPS) is 10.9. The van der Waals surface area contributed by atoms with Crippen molar-refractivity contribution >= 4 is 11.9 Å². The van der Waals surface area contributed by atoms with Crippen molar-refractivity contribution in [3.63, 3.8) is 0 Å². The van der Waals surface area contributed by atoms with E-state index in [1.807, 2.05) is 30.3 Å². The molecule has 0 radical (unpaired) electrons. The van der Waals surface area contributed by atoms with Crippen molar-refractivity contribution in [2.45, 2.75) is 6.18 Å². The van der Waals surface area contributed by atoms with Gasteiger partial charge >= 0.3 is 18.1 Å². The average Bonchev–Trinajstić information content (AvgIpc) is 2.53. The van der Waals surface area contributed by atoms with Crippen LogP contribution in [0.25, 0.3) is 11.1 Å². The standard InChI is InChI=1S/C16H11F3O4/c17-16(18,19)15(21)23-14(20)10-22-13-9-5-4-8-12(13)11-6-2-1-3-7-11/h1-9H,10H2. The predicted octanol–water partition coefficient (Wildman–Crippen LogP) is 3.36. The van der Waals surface area contributed by atoms with Gasteiger partial charge in [0.1, 0.15) is 5.75 Å². The zero-order valence-corrected chi connectivity index (χ0v) is 11.7. The van der Waals surface area contributed by atoms with Crippen LogP contribution in [0.15, 0.2) is 54.6 Å². The molecule has 0 heterocycles. The fraction of sp³-hybridized carbons (Fsp3) is 0.125. The number of para-hydroxylation sites is 1. The van der Waals surface area contributed by atoms with E-state index in [1.54, 1.807) is 24.3 Å². The van der Waals surface area contributed by atoms with E-state index in [0.717, 1.165) is 5.56 Å². The van der Waals surface area contributed by atoms with E-state index < -0.39 is 24.7 Å². The van der Waals surface area contributed by atoms with Crippen LogP contribution in [0.4, 0.5) is 13.2 Å². The zero-order chi connectivity index (χ0) is 16.9. The maximum Gasteiger partial charge on any atom is 0.491 e. The molecule has 0 fully saturated rings. The Bertz CT molecular complexity index is 696. The SMILES string of the molecule is O=C(COc1ccccc1-c1ccccc1)OC(=O)C(F)(F)F. The summed E-state index contributed by atoms with van der Waals surface area (Å²) in [6.07, 6.45) is -5.22. The first-order chi connectivity index (χ1) is 10.9. The Hall–Kier alpha value is -2.83. The van der Waals surface area contributed by atoms with E-state index >= 15 is 0 Å². The highest BCUT2D eigenvalue weighted by Crippen LogP contribution is 2.29. The van der Waals surface area contributed by atoms with Crippen LogP contribution in [0.1, 0.15) is 0 Å². The average molecular weight is 324 g/mol. The lowest BCUT2D eigenvalue weighted by molar-refractivity contribution is -0.202. The smallest absolute Gasteiger partial charge is 0.481 e. The molecule has 120 valence electrons. The number of benzene rings is 2. The molecule has 0 saturated heterocycles. The van der Waals surface area contributed by atoms with Crippen LogP contribution >= 0.6 is 0 Å². The van der Waals surface area contributed by atoms with E-state index in [9.17, 15) is 22.8 Å². The number of esters is 2. The number of rotatable bonds is 4. The summed E-state index contributed by atoms with van der Waals surface area (Å²) in [7, 11) is 0. The largest absolute Gasteiger partial charge is 0.491 e. The lowest BCUT2D eigenvalue weighted by Gasteiger charge is -2.11. The number of alkyl halides is 3. The summed E-state index contributed by atoms with van der Waals surface area (Å²) in [6.45, 7) is -0.814. The minimum Gasteiger partial charge on any atom is -0.481 e. The van der Waals surface area contributed by atoms with Gasteiger partial charge < -0.3 is 9.47 Å². The molecule has 0 aliphatic rings. The lowest BCUT2D eigenvalue weighted by Crippen LogP contribution is -2.30. The molecule has 7 heteroatoms. The van der Waals surface area contributed by atoms with Gasteiger partial charge in [-0.1, -0.05) is 48.5 Å². The van der Waals surface area contributed by atoms with Crippen molar-refractivity contribution in [3.8, 4) is 16.9 Å². The Morgan fingerprint density at radius 3 is 2.17 bits per heavy atom. The first kappa shape index (κ1) is 16.5. The van der Waals surface area contributed by atoms with Gasteiger partial charge in [0.2, 0.25) is 0 Å². The molecule has 0 aliphatic heterocycles. The summed E-state index contributed by atoms with van der Waals surface area (Å²) >= 11 is 0. The van der Waals surface area contributed by atoms with Gasteiger partial charge in [-0.05, 0) is 11.6 Å². The van der Waals surface area contributed by atoms with E-state index in [4.69, 9.17) is 4.74 Å². The van der Waals surface area contributed by atoms with Crippen molar-refractivity contribution in [1.82, 2.24) is 0 Å². The Morgan fingerprint density at radius 2 is 1.52 bits per heavy atom. The van der Waals surface area contributed by atoms with Gasteiger partial charge in [-0.15, -0.1) is 0 Å². The summed E-state index contributed by atoms with van der Waals surface area (Å²) in [5, 5.41) is 0. The monoisotopic (exact) mass is 324 g/mol. The lowest BCUT2D eigenvalue weighted by atomic mass is 10.1. The van der Waals surface area contributed by atoms with Gasteiger partial charge in [-0.25, -0.2) is 9.59 Å².